The molecule has 6 nitrogen and oxygen atoms in total. The largest absolute Gasteiger partial charge is 0.472 e. The van der Waals surface area contributed by atoms with E-state index in [9.17, 15) is 9.59 Å². The molecule has 1 saturated heterocycles. The van der Waals surface area contributed by atoms with Crippen molar-refractivity contribution in [1.82, 2.24) is 10.2 Å². The van der Waals surface area contributed by atoms with E-state index in [1.165, 1.54) is 12.5 Å². The van der Waals surface area contributed by atoms with E-state index < -0.39 is 6.04 Å². The van der Waals surface area contributed by atoms with E-state index in [-0.39, 0.29) is 17.9 Å². The van der Waals surface area contributed by atoms with Gasteiger partial charge in [0, 0.05) is 6.54 Å². The number of carbonyl (C=O) groups excluding carboxylic acids is 2. The Labute approximate surface area is 147 Å². The summed E-state index contributed by atoms with van der Waals surface area (Å²) in [4.78, 5) is 27.0. The summed E-state index contributed by atoms with van der Waals surface area (Å²) in [5.41, 5.74) is 0.411. The van der Waals surface area contributed by atoms with Gasteiger partial charge in [-0.2, -0.15) is 0 Å². The minimum Gasteiger partial charge on any atom is -0.472 e. The van der Waals surface area contributed by atoms with Crippen LogP contribution in [0, 0.1) is 6.92 Å². The van der Waals surface area contributed by atoms with E-state index in [4.69, 9.17) is 8.83 Å². The van der Waals surface area contributed by atoms with E-state index in [0.717, 1.165) is 37.2 Å². The molecule has 1 fully saturated rings. The zero-order chi connectivity index (χ0) is 17.8. The van der Waals surface area contributed by atoms with Crippen molar-refractivity contribution in [2.45, 2.75) is 51.6 Å². The van der Waals surface area contributed by atoms with E-state index >= 15 is 0 Å². The zero-order valence-corrected chi connectivity index (χ0v) is 14.7. The fourth-order valence-corrected chi connectivity index (χ4v) is 3.28. The number of hydrogen-bond acceptors (Lipinski definition) is 4. The summed E-state index contributed by atoms with van der Waals surface area (Å²) in [6, 6.07) is 4.76. The normalized spacial score (nSPS) is 19.3. The second-order valence-electron chi connectivity index (χ2n) is 6.55. The quantitative estimate of drug-likeness (QED) is 0.922. The van der Waals surface area contributed by atoms with Gasteiger partial charge < -0.3 is 19.1 Å². The molecule has 0 aromatic carbocycles. The average molecular weight is 344 g/mol. The molecule has 2 aromatic heterocycles. The number of nitrogens with one attached hydrogen (secondary N) is 1. The first kappa shape index (κ1) is 17.3. The molecule has 0 spiro atoms. The minimum absolute atomic E-state index is 0.0722. The van der Waals surface area contributed by atoms with Crippen molar-refractivity contribution in [3.8, 4) is 0 Å². The summed E-state index contributed by atoms with van der Waals surface area (Å²) in [5.74, 6) is 1.27. The number of carbonyl (C=O) groups is 2. The highest BCUT2D eigenvalue weighted by Gasteiger charge is 2.32. The van der Waals surface area contributed by atoms with Crippen LogP contribution in [0.25, 0.3) is 0 Å². The van der Waals surface area contributed by atoms with E-state index in [2.05, 4.69) is 5.32 Å². The SMILES string of the molecule is Cc1ccc([C@H]2CCCCCN2C(=O)[C@H](C)NC(=O)c2ccoc2)o1. The lowest BCUT2D eigenvalue weighted by molar-refractivity contribution is -0.135. The molecule has 0 aliphatic carbocycles. The summed E-state index contributed by atoms with van der Waals surface area (Å²) in [6.45, 7) is 4.30. The topological polar surface area (TPSA) is 75.7 Å². The molecule has 1 aliphatic rings. The van der Waals surface area contributed by atoms with Crippen LogP contribution in [-0.4, -0.2) is 29.3 Å². The summed E-state index contributed by atoms with van der Waals surface area (Å²) in [6.07, 6.45) is 6.80. The van der Waals surface area contributed by atoms with Gasteiger partial charge in [-0.05, 0) is 44.9 Å². The fourth-order valence-electron chi connectivity index (χ4n) is 3.28. The first-order chi connectivity index (χ1) is 12.1. The summed E-state index contributed by atoms with van der Waals surface area (Å²) >= 11 is 0. The maximum absolute atomic E-state index is 13.0. The molecule has 1 aliphatic heterocycles. The van der Waals surface area contributed by atoms with Crippen LogP contribution in [0.15, 0.2) is 39.6 Å². The molecule has 3 rings (SSSR count). The Hall–Kier alpha value is -2.50. The van der Waals surface area contributed by atoms with Crippen LogP contribution in [0.5, 0.6) is 0 Å². The van der Waals surface area contributed by atoms with Gasteiger partial charge in [0.25, 0.3) is 5.91 Å². The van der Waals surface area contributed by atoms with Gasteiger partial charge in [-0.25, -0.2) is 0 Å². The van der Waals surface area contributed by atoms with Crippen molar-refractivity contribution in [3.05, 3.63) is 47.8 Å². The van der Waals surface area contributed by atoms with Gasteiger partial charge in [-0.1, -0.05) is 12.8 Å². The highest BCUT2D eigenvalue weighted by Crippen LogP contribution is 2.31. The lowest BCUT2D eigenvalue weighted by Gasteiger charge is -2.31. The molecule has 0 saturated carbocycles. The third-order valence-corrected chi connectivity index (χ3v) is 4.63. The number of likely N-dealkylation sites (tertiary alicyclic amines) is 1. The molecular formula is C19H24N2O4. The average Bonchev–Trinajstić information content (AvgIpc) is 3.21. The van der Waals surface area contributed by atoms with Gasteiger partial charge in [0.2, 0.25) is 5.91 Å². The second-order valence-corrected chi connectivity index (χ2v) is 6.55. The standard InChI is InChI=1S/C19H24N2O4/c1-13-7-8-17(25-13)16-6-4-3-5-10-21(16)19(23)14(2)20-18(22)15-9-11-24-12-15/h7-9,11-12,14,16H,3-6,10H2,1-2H3,(H,20,22)/t14-,16+/m0/s1. The Morgan fingerprint density at radius 3 is 2.76 bits per heavy atom. The monoisotopic (exact) mass is 344 g/mol. The van der Waals surface area contributed by atoms with Crippen molar-refractivity contribution in [1.29, 1.82) is 0 Å². The predicted molar refractivity (Wildman–Crippen MR) is 92.0 cm³/mol. The van der Waals surface area contributed by atoms with Crippen LogP contribution in [0.3, 0.4) is 0 Å². The lowest BCUT2D eigenvalue weighted by atomic mass is 10.1. The van der Waals surface area contributed by atoms with E-state index in [0.29, 0.717) is 12.1 Å². The van der Waals surface area contributed by atoms with Gasteiger partial charge >= 0.3 is 0 Å². The van der Waals surface area contributed by atoms with Crippen molar-refractivity contribution < 1.29 is 18.4 Å². The van der Waals surface area contributed by atoms with Crippen molar-refractivity contribution >= 4 is 11.8 Å². The first-order valence-corrected chi connectivity index (χ1v) is 8.76. The van der Waals surface area contributed by atoms with Gasteiger partial charge in [-0.3, -0.25) is 9.59 Å². The zero-order valence-electron chi connectivity index (χ0n) is 14.7. The second kappa shape index (κ2) is 7.59. The predicted octanol–water partition coefficient (Wildman–Crippen LogP) is 3.44. The van der Waals surface area contributed by atoms with Crippen molar-refractivity contribution in [2.24, 2.45) is 0 Å². The Kier molecular flexibility index (Phi) is 5.26. The number of furan rings is 2. The minimum atomic E-state index is -0.612. The highest BCUT2D eigenvalue weighted by molar-refractivity contribution is 5.97. The Morgan fingerprint density at radius 2 is 2.08 bits per heavy atom. The third kappa shape index (κ3) is 3.95. The van der Waals surface area contributed by atoms with Crippen LogP contribution in [0.1, 0.15) is 60.5 Å². The molecule has 2 amide bonds. The van der Waals surface area contributed by atoms with Crippen molar-refractivity contribution in [3.63, 3.8) is 0 Å². The van der Waals surface area contributed by atoms with Gasteiger partial charge in [0.1, 0.15) is 23.8 Å². The molecule has 25 heavy (non-hydrogen) atoms. The lowest BCUT2D eigenvalue weighted by Crippen LogP contribution is -2.48. The fraction of sp³-hybridized carbons (Fsp3) is 0.474. The summed E-state index contributed by atoms with van der Waals surface area (Å²) in [7, 11) is 0. The van der Waals surface area contributed by atoms with Crippen LogP contribution >= 0.6 is 0 Å². The Morgan fingerprint density at radius 1 is 1.24 bits per heavy atom. The van der Waals surface area contributed by atoms with Gasteiger partial charge in [0.05, 0.1) is 17.9 Å². The summed E-state index contributed by atoms with van der Waals surface area (Å²) < 4.78 is 10.7. The molecule has 0 unspecified atom stereocenters. The molecule has 1 N–H and O–H groups in total. The number of rotatable bonds is 4. The molecule has 134 valence electrons. The van der Waals surface area contributed by atoms with Crippen LogP contribution in [0.2, 0.25) is 0 Å². The number of hydrogen-bond donors (Lipinski definition) is 1. The molecule has 3 heterocycles. The molecule has 6 heteroatoms. The van der Waals surface area contributed by atoms with Crippen molar-refractivity contribution in [2.75, 3.05) is 6.54 Å². The number of aryl methyl sites for hydroxylation is 1. The van der Waals surface area contributed by atoms with E-state index in [1.807, 2.05) is 24.0 Å². The molecule has 2 atom stereocenters. The maximum Gasteiger partial charge on any atom is 0.255 e. The number of nitrogens with zero attached hydrogens (tertiary/aromatic N) is 1. The Bertz CT molecular complexity index is 720. The molecular weight excluding hydrogens is 320 g/mol. The van der Waals surface area contributed by atoms with Gasteiger partial charge in [0.15, 0.2) is 0 Å². The molecule has 2 aromatic rings. The number of amides is 2. The third-order valence-electron chi connectivity index (χ3n) is 4.63. The highest BCUT2D eigenvalue weighted by atomic mass is 16.3. The van der Waals surface area contributed by atoms with Crippen LogP contribution in [0.4, 0.5) is 0 Å². The smallest absolute Gasteiger partial charge is 0.255 e. The van der Waals surface area contributed by atoms with Crippen LogP contribution < -0.4 is 5.32 Å². The first-order valence-electron chi connectivity index (χ1n) is 8.76. The molecule has 0 radical (unpaired) electrons. The van der Waals surface area contributed by atoms with Gasteiger partial charge in [-0.15, -0.1) is 0 Å². The van der Waals surface area contributed by atoms with Crippen LogP contribution in [-0.2, 0) is 4.79 Å². The van der Waals surface area contributed by atoms with E-state index in [1.54, 1.807) is 13.0 Å². The molecule has 0 bridgehead atoms. The maximum atomic E-state index is 13.0. The summed E-state index contributed by atoms with van der Waals surface area (Å²) in [5, 5.41) is 2.76. The Balaban J connectivity index is 1.73.